The second-order valence-corrected chi connectivity index (χ2v) is 8.42. The number of aromatic nitrogens is 2. The van der Waals surface area contributed by atoms with Gasteiger partial charge in [0.1, 0.15) is 5.65 Å². The largest absolute Gasteiger partial charge is 0.349 e. The van der Waals surface area contributed by atoms with Gasteiger partial charge in [0.15, 0.2) is 0 Å². The summed E-state index contributed by atoms with van der Waals surface area (Å²) in [6, 6.07) is 0. The molecule has 7 nitrogen and oxygen atoms in total. The molecule has 0 fully saturated rings. The van der Waals surface area contributed by atoms with Gasteiger partial charge in [-0.1, -0.05) is 6.42 Å². The number of carbonyl (C=O) groups is 3. The molecular formula is C23H32N4O3. The molecule has 0 aliphatic heterocycles. The monoisotopic (exact) mass is 412 g/mol. The Balaban J connectivity index is 2.30. The van der Waals surface area contributed by atoms with Crippen LogP contribution in [-0.2, 0) is 33.8 Å². The van der Waals surface area contributed by atoms with Gasteiger partial charge in [-0.15, -0.1) is 0 Å². The van der Waals surface area contributed by atoms with Crippen molar-refractivity contribution in [2.75, 3.05) is 19.0 Å². The summed E-state index contributed by atoms with van der Waals surface area (Å²) in [5, 5.41) is 0.857. The normalized spacial score (nSPS) is 13.7. The fraction of sp³-hybridized carbons (Fsp3) is 0.565. The maximum atomic E-state index is 12.5. The van der Waals surface area contributed by atoms with Gasteiger partial charge in [0, 0.05) is 57.7 Å². The summed E-state index contributed by atoms with van der Waals surface area (Å²) >= 11 is 0. The number of amides is 3. The van der Waals surface area contributed by atoms with Crippen molar-refractivity contribution in [2.45, 2.75) is 72.8 Å². The number of anilines is 1. The number of carbonyl (C=O) groups excluding carboxylic acids is 3. The van der Waals surface area contributed by atoms with E-state index in [1.165, 1.54) is 18.7 Å². The third-order valence-corrected chi connectivity index (χ3v) is 6.16. The van der Waals surface area contributed by atoms with E-state index in [1.807, 2.05) is 13.8 Å². The molecule has 0 unspecified atom stereocenters. The zero-order valence-corrected chi connectivity index (χ0v) is 19.0. The summed E-state index contributed by atoms with van der Waals surface area (Å²) < 4.78 is 2.07. The quantitative estimate of drug-likeness (QED) is 0.722. The number of hydrogen-bond acceptors (Lipinski definition) is 4. The van der Waals surface area contributed by atoms with Crippen LogP contribution in [0.5, 0.6) is 0 Å². The van der Waals surface area contributed by atoms with E-state index in [1.54, 1.807) is 19.0 Å². The highest BCUT2D eigenvalue weighted by molar-refractivity contribution is 6.18. The number of fused-ring (bicyclic) bond motifs is 2. The lowest BCUT2D eigenvalue weighted by atomic mass is 10.0. The molecule has 7 heteroatoms. The highest BCUT2D eigenvalue weighted by Gasteiger charge is 2.29. The summed E-state index contributed by atoms with van der Waals surface area (Å²) in [5.41, 5.74) is 5.48. The molecule has 0 N–H and O–H groups in total. The van der Waals surface area contributed by atoms with Crippen LogP contribution in [0, 0.1) is 13.8 Å². The molecule has 0 saturated heterocycles. The number of hydrogen-bond donors (Lipinski definition) is 0. The zero-order chi connectivity index (χ0) is 22.2. The van der Waals surface area contributed by atoms with Gasteiger partial charge in [0.25, 0.3) is 0 Å². The van der Waals surface area contributed by atoms with E-state index >= 15 is 0 Å². The standard InChI is InChI=1S/C23H32N4O3/c1-14-15(2)26(13-12-20(30)25(5)6)23-21(14)22(27(16(3)28)17(4)29)18-10-8-7-9-11-19(18)24-23/h7-13H2,1-6H3. The number of pyridine rings is 1. The van der Waals surface area contributed by atoms with Gasteiger partial charge in [-0.25, -0.2) is 9.88 Å². The first-order chi connectivity index (χ1) is 14.1. The number of rotatable bonds is 4. The van der Waals surface area contributed by atoms with E-state index in [9.17, 15) is 14.4 Å². The van der Waals surface area contributed by atoms with Crippen LogP contribution in [0.4, 0.5) is 5.69 Å². The average Bonchev–Trinajstić information content (AvgIpc) is 2.82. The molecule has 0 bridgehead atoms. The molecule has 0 spiro atoms. The first-order valence-electron chi connectivity index (χ1n) is 10.7. The molecule has 0 radical (unpaired) electrons. The van der Waals surface area contributed by atoms with E-state index in [4.69, 9.17) is 4.98 Å². The zero-order valence-electron chi connectivity index (χ0n) is 19.0. The molecule has 162 valence electrons. The Hall–Kier alpha value is -2.70. The fourth-order valence-electron chi connectivity index (χ4n) is 4.46. The third kappa shape index (κ3) is 3.85. The van der Waals surface area contributed by atoms with E-state index in [2.05, 4.69) is 4.57 Å². The van der Waals surface area contributed by atoms with E-state index in [0.717, 1.165) is 65.7 Å². The molecule has 0 saturated carbocycles. The highest BCUT2D eigenvalue weighted by atomic mass is 16.2. The lowest BCUT2D eigenvalue weighted by Gasteiger charge is -2.24. The van der Waals surface area contributed by atoms with Crippen LogP contribution in [0.25, 0.3) is 11.0 Å². The molecular weight excluding hydrogens is 380 g/mol. The smallest absolute Gasteiger partial charge is 0.230 e. The Morgan fingerprint density at radius 3 is 2.23 bits per heavy atom. The van der Waals surface area contributed by atoms with Gasteiger partial charge >= 0.3 is 0 Å². The number of aryl methyl sites for hydroxylation is 3. The van der Waals surface area contributed by atoms with Crippen LogP contribution in [0.2, 0.25) is 0 Å². The summed E-state index contributed by atoms with van der Waals surface area (Å²) in [7, 11) is 3.50. The molecule has 1 aliphatic carbocycles. The molecule has 3 rings (SSSR count). The van der Waals surface area contributed by atoms with E-state index in [-0.39, 0.29) is 17.7 Å². The molecule has 0 aromatic carbocycles. The van der Waals surface area contributed by atoms with Crippen molar-refractivity contribution in [1.82, 2.24) is 14.5 Å². The van der Waals surface area contributed by atoms with Crippen molar-refractivity contribution in [1.29, 1.82) is 0 Å². The van der Waals surface area contributed by atoms with Crippen molar-refractivity contribution in [3.63, 3.8) is 0 Å². The van der Waals surface area contributed by atoms with Gasteiger partial charge in [-0.2, -0.15) is 0 Å². The second-order valence-electron chi connectivity index (χ2n) is 8.42. The van der Waals surface area contributed by atoms with Crippen LogP contribution in [-0.4, -0.2) is 46.3 Å². The summed E-state index contributed by atoms with van der Waals surface area (Å²) in [6.07, 6.45) is 5.19. The predicted molar refractivity (Wildman–Crippen MR) is 118 cm³/mol. The minimum Gasteiger partial charge on any atom is -0.349 e. The van der Waals surface area contributed by atoms with Crippen LogP contribution < -0.4 is 4.90 Å². The number of imide groups is 1. The van der Waals surface area contributed by atoms with Gasteiger partial charge in [-0.05, 0) is 50.7 Å². The molecule has 30 heavy (non-hydrogen) atoms. The summed E-state index contributed by atoms with van der Waals surface area (Å²) in [5.74, 6) is -0.513. The highest BCUT2D eigenvalue weighted by Crippen LogP contribution is 2.39. The van der Waals surface area contributed by atoms with Gasteiger partial charge in [0.05, 0.1) is 5.69 Å². The Morgan fingerprint density at radius 1 is 1.00 bits per heavy atom. The van der Waals surface area contributed by atoms with Crippen molar-refractivity contribution in [3.8, 4) is 0 Å². The van der Waals surface area contributed by atoms with Crippen molar-refractivity contribution < 1.29 is 14.4 Å². The molecule has 2 heterocycles. The SMILES string of the molecule is CC(=O)N(C(C)=O)c1c2c(nc3c1c(C)c(C)n3CCC(=O)N(C)C)CCCCC2. The lowest BCUT2D eigenvalue weighted by molar-refractivity contribution is -0.129. The fourth-order valence-corrected chi connectivity index (χ4v) is 4.46. The Morgan fingerprint density at radius 2 is 1.63 bits per heavy atom. The minimum atomic E-state index is -0.283. The lowest BCUT2D eigenvalue weighted by Crippen LogP contribution is -2.34. The molecule has 0 atom stereocenters. The molecule has 2 aromatic heterocycles. The average molecular weight is 413 g/mol. The molecule has 2 aromatic rings. The third-order valence-electron chi connectivity index (χ3n) is 6.16. The maximum absolute atomic E-state index is 12.5. The Labute approximate surface area is 178 Å². The van der Waals surface area contributed by atoms with Crippen LogP contribution in [0.3, 0.4) is 0 Å². The first kappa shape index (κ1) is 22.0. The second kappa shape index (κ2) is 8.58. The van der Waals surface area contributed by atoms with E-state index < -0.39 is 0 Å². The van der Waals surface area contributed by atoms with Crippen LogP contribution in [0.15, 0.2) is 0 Å². The molecule has 1 aliphatic rings. The maximum Gasteiger partial charge on any atom is 0.230 e. The summed E-state index contributed by atoms with van der Waals surface area (Å²) in [6.45, 7) is 7.41. The van der Waals surface area contributed by atoms with E-state index in [0.29, 0.717) is 18.7 Å². The van der Waals surface area contributed by atoms with Gasteiger partial charge in [-0.3, -0.25) is 14.4 Å². The number of nitrogens with zero attached hydrogens (tertiary/aromatic N) is 4. The summed E-state index contributed by atoms with van der Waals surface area (Å²) in [4.78, 5) is 45.2. The first-order valence-corrected chi connectivity index (χ1v) is 10.7. The predicted octanol–water partition coefficient (Wildman–Crippen LogP) is 3.30. The Bertz CT molecular complexity index is 1010. The van der Waals surface area contributed by atoms with Crippen molar-refractivity contribution in [2.24, 2.45) is 0 Å². The van der Waals surface area contributed by atoms with Crippen molar-refractivity contribution >= 4 is 34.4 Å². The topological polar surface area (TPSA) is 75.5 Å². The molecule has 3 amide bonds. The van der Waals surface area contributed by atoms with Gasteiger partial charge < -0.3 is 9.47 Å². The van der Waals surface area contributed by atoms with Gasteiger partial charge in [0.2, 0.25) is 17.7 Å². The van der Waals surface area contributed by atoms with Crippen LogP contribution >= 0.6 is 0 Å². The minimum absolute atomic E-state index is 0.0537. The van der Waals surface area contributed by atoms with Crippen LogP contribution in [0.1, 0.15) is 62.0 Å². The van der Waals surface area contributed by atoms with Crippen molar-refractivity contribution in [3.05, 3.63) is 22.5 Å². The Kier molecular flexibility index (Phi) is 6.29.